The molecule has 1 aromatic carbocycles. The van der Waals surface area contributed by atoms with Crippen molar-refractivity contribution in [3.8, 4) is 11.5 Å². The van der Waals surface area contributed by atoms with Crippen molar-refractivity contribution in [2.75, 3.05) is 20.1 Å². The molecule has 18 heavy (non-hydrogen) atoms. The highest BCUT2D eigenvalue weighted by atomic mass is 16.4. The second-order valence-corrected chi connectivity index (χ2v) is 3.42. The average Bonchev–Trinajstić information content (AvgIpc) is 2.33. The number of aliphatic hydroxyl groups is 1. The highest BCUT2D eigenvalue weighted by Crippen LogP contribution is 2.27. The SMILES string of the molecule is CNC[C@H](O)c1ccc(O)c(O)c1.NCC(=O)O. The molecule has 0 heterocycles. The normalized spacial score (nSPS) is 11.3. The molecule has 0 radical (unpaired) electrons. The number of rotatable bonds is 4. The van der Waals surface area contributed by atoms with Crippen LogP contribution in [-0.4, -0.2) is 46.5 Å². The molecule has 0 aromatic heterocycles. The minimum atomic E-state index is -0.968. The second-order valence-electron chi connectivity index (χ2n) is 3.42. The lowest BCUT2D eigenvalue weighted by Crippen LogP contribution is -2.16. The molecule has 0 bridgehead atoms. The van der Waals surface area contributed by atoms with Crippen molar-refractivity contribution in [3.05, 3.63) is 23.8 Å². The molecule has 0 saturated carbocycles. The van der Waals surface area contributed by atoms with Gasteiger partial charge in [-0.1, -0.05) is 6.07 Å². The van der Waals surface area contributed by atoms with Crippen LogP contribution in [0.4, 0.5) is 0 Å². The molecule has 7 nitrogen and oxygen atoms in total. The van der Waals surface area contributed by atoms with Gasteiger partial charge in [-0.05, 0) is 24.7 Å². The Morgan fingerprint density at radius 1 is 1.39 bits per heavy atom. The number of nitrogens with two attached hydrogens (primary N) is 1. The Morgan fingerprint density at radius 3 is 2.33 bits per heavy atom. The number of hydrogen-bond donors (Lipinski definition) is 6. The van der Waals surface area contributed by atoms with Gasteiger partial charge in [-0.15, -0.1) is 0 Å². The van der Waals surface area contributed by atoms with E-state index in [1.54, 1.807) is 13.1 Å². The van der Waals surface area contributed by atoms with Crippen molar-refractivity contribution in [2.45, 2.75) is 6.10 Å². The second kappa shape index (κ2) is 8.29. The van der Waals surface area contributed by atoms with Crippen LogP contribution in [0, 0.1) is 0 Å². The molecule has 7 N–H and O–H groups in total. The summed E-state index contributed by atoms with van der Waals surface area (Å²) in [5, 5.41) is 38.0. The molecule has 0 aliphatic rings. The summed E-state index contributed by atoms with van der Waals surface area (Å²) in [5.41, 5.74) is 5.15. The summed E-state index contributed by atoms with van der Waals surface area (Å²) < 4.78 is 0. The van der Waals surface area contributed by atoms with Crippen LogP contribution < -0.4 is 11.1 Å². The summed E-state index contributed by atoms with van der Waals surface area (Å²) in [6.45, 7) is 0.129. The Bertz CT molecular complexity index is 384. The summed E-state index contributed by atoms with van der Waals surface area (Å²) in [7, 11) is 1.73. The number of nitrogens with one attached hydrogen (secondary N) is 1. The number of likely N-dealkylation sites (N-methyl/N-ethyl adjacent to an activating group) is 1. The van der Waals surface area contributed by atoms with Crippen LogP contribution in [0.1, 0.15) is 11.7 Å². The van der Waals surface area contributed by atoms with E-state index in [0.29, 0.717) is 12.1 Å². The van der Waals surface area contributed by atoms with Crippen molar-refractivity contribution in [3.63, 3.8) is 0 Å². The zero-order chi connectivity index (χ0) is 14.1. The number of carbonyl (C=O) groups is 1. The Morgan fingerprint density at radius 2 is 1.94 bits per heavy atom. The van der Waals surface area contributed by atoms with Crippen molar-refractivity contribution in [1.82, 2.24) is 5.32 Å². The number of carboxylic acids is 1. The van der Waals surface area contributed by atoms with Crippen LogP contribution in [0.15, 0.2) is 18.2 Å². The van der Waals surface area contributed by atoms with Crippen molar-refractivity contribution < 1.29 is 25.2 Å². The lowest BCUT2D eigenvalue weighted by atomic mass is 10.1. The molecule has 0 spiro atoms. The molecule has 0 amide bonds. The summed E-state index contributed by atoms with van der Waals surface area (Å²) >= 11 is 0. The fraction of sp³-hybridized carbons (Fsp3) is 0.364. The minimum Gasteiger partial charge on any atom is -0.504 e. The molecule has 1 atom stereocenters. The molecule has 1 aromatic rings. The quantitative estimate of drug-likeness (QED) is 0.396. The fourth-order valence-electron chi connectivity index (χ4n) is 1.06. The van der Waals surface area contributed by atoms with E-state index in [1.807, 2.05) is 0 Å². The van der Waals surface area contributed by atoms with Gasteiger partial charge in [0.25, 0.3) is 0 Å². The number of aliphatic hydroxyl groups excluding tert-OH is 1. The maximum Gasteiger partial charge on any atom is 0.317 e. The monoisotopic (exact) mass is 258 g/mol. The van der Waals surface area contributed by atoms with Crippen molar-refractivity contribution >= 4 is 5.97 Å². The number of phenols is 2. The van der Waals surface area contributed by atoms with Gasteiger partial charge >= 0.3 is 5.97 Å². The van der Waals surface area contributed by atoms with Crippen LogP contribution in [0.3, 0.4) is 0 Å². The largest absolute Gasteiger partial charge is 0.504 e. The highest BCUT2D eigenvalue weighted by Gasteiger charge is 2.08. The Labute approximate surface area is 104 Å². The number of hydrogen-bond acceptors (Lipinski definition) is 6. The van der Waals surface area contributed by atoms with Crippen LogP contribution in [0.2, 0.25) is 0 Å². The molecule has 102 valence electrons. The van der Waals surface area contributed by atoms with Crippen molar-refractivity contribution in [1.29, 1.82) is 0 Å². The molecule has 0 saturated heterocycles. The number of benzene rings is 1. The Balaban J connectivity index is 0.000000494. The number of carboxylic acid groups (broad SMARTS) is 1. The van der Waals surface area contributed by atoms with Gasteiger partial charge in [-0.25, -0.2) is 0 Å². The van der Waals surface area contributed by atoms with Gasteiger partial charge < -0.3 is 31.5 Å². The van der Waals surface area contributed by atoms with E-state index in [0.717, 1.165) is 0 Å². The molecular formula is C11H18N2O5. The molecule has 1 rings (SSSR count). The first-order valence-electron chi connectivity index (χ1n) is 5.18. The van der Waals surface area contributed by atoms with Crippen LogP contribution >= 0.6 is 0 Å². The number of phenolic OH excluding ortho intramolecular Hbond substituents is 2. The maximum absolute atomic E-state index is 9.48. The van der Waals surface area contributed by atoms with Gasteiger partial charge in [0.1, 0.15) is 0 Å². The van der Waals surface area contributed by atoms with E-state index < -0.39 is 12.1 Å². The summed E-state index contributed by atoms with van der Waals surface area (Å²) in [5.74, 6) is -1.36. The van der Waals surface area contributed by atoms with Crippen LogP contribution in [0.25, 0.3) is 0 Å². The summed E-state index contributed by atoms with van der Waals surface area (Å²) in [6, 6.07) is 4.26. The summed E-state index contributed by atoms with van der Waals surface area (Å²) in [6.07, 6.45) is -0.670. The van der Waals surface area contributed by atoms with Gasteiger partial charge in [0.2, 0.25) is 0 Å². The summed E-state index contributed by atoms with van der Waals surface area (Å²) in [4.78, 5) is 9.24. The first kappa shape index (κ1) is 16.2. The zero-order valence-electron chi connectivity index (χ0n) is 10.00. The molecule has 0 unspecified atom stereocenters. The molecule has 0 fully saturated rings. The van der Waals surface area contributed by atoms with E-state index in [2.05, 4.69) is 11.1 Å². The van der Waals surface area contributed by atoms with Crippen LogP contribution in [-0.2, 0) is 4.79 Å². The topological polar surface area (TPSA) is 136 Å². The molecular weight excluding hydrogens is 240 g/mol. The lowest BCUT2D eigenvalue weighted by Gasteiger charge is -2.10. The van der Waals surface area contributed by atoms with Gasteiger partial charge in [0.15, 0.2) is 11.5 Å². The molecule has 7 heteroatoms. The smallest absolute Gasteiger partial charge is 0.317 e. The fourth-order valence-corrected chi connectivity index (χ4v) is 1.06. The van der Waals surface area contributed by atoms with Gasteiger partial charge in [-0.2, -0.15) is 0 Å². The zero-order valence-corrected chi connectivity index (χ0v) is 10.00. The maximum atomic E-state index is 9.48. The number of aromatic hydroxyl groups is 2. The Kier molecular flexibility index (Phi) is 7.45. The predicted octanol–water partition coefficient (Wildman–Crippen LogP) is -0.620. The third kappa shape index (κ3) is 6.04. The highest BCUT2D eigenvalue weighted by molar-refractivity contribution is 5.68. The first-order chi connectivity index (χ1) is 8.42. The number of aliphatic carboxylic acids is 1. The van der Waals surface area contributed by atoms with Gasteiger partial charge in [-0.3, -0.25) is 4.79 Å². The van der Waals surface area contributed by atoms with Gasteiger partial charge in [0, 0.05) is 6.54 Å². The Hall–Kier alpha value is -1.83. The minimum absolute atomic E-state index is 0.180. The van der Waals surface area contributed by atoms with E-state index in [9.17, 15) is 9.90 Å². The third-order valence-electron chi connectivity index (χ3n) is 1.96. The van der Waals surface area contributed by atoms with Crippen LogP contribution in [0.5, 0.6) is 11.5 Å². The third-order valence-corrected chi connectivity index (χ3v) is 1.96. The molecule has 0 aliphatic carbocycles. The van der Waals surface area contributed by atoms with E-state index in [1.165, 1.54) is 12.1 Å². The van der Waals surface area contributed by atoms with Gasteiger partial charge in [0.05, 0.1) is 12.6 Å². The standard InChI is InChI=1S/C9H13NO3.C2H5NO2/c1-10-5-9(13)6-2-3-7(11)8(12)4-6;3-1-2(4)5/h2-4,9-13H,5H2,1H3;1,3H2,(H,4,5)/t9-;/m0./s1. The van der Waals surface area contributed by atoms with E-state index in [-0.39, 0.29) is 18.0 Å². The van der Waals surface area contributed by atoms with E-state index >= 15 is 0 Å². The molecule has 0 aliphatic heterocycles. The first-order valence-corrected chi connectivity index (χ1v) is 5.18. The lowest BCUT2D eigenvalue weighted by molar-refractivity contribution is -0.135. The van der Waals surface area contributed by atoms with E-state index in [4.69, 9.17) is 15.3 Å². The van der Waals surface area contributed by atoms with Crippen molar-refractivity contribution in [2.24, 2.45) is 5.73 Å². The predicted molar refractivity (Wildman–Crippen MR) is 65.3 cm³/mol. The average molecular weight is 258 g/mol.